The van der Waals surface area contributed by atoms with Gasteiger partial charge in [-0.25, -0.2) is 9.38 Å². The number of halogens is 2. The molecule has 0 saturated carbocycles. The summed E-state index contributed by atoms with van der Waals surface area (Å²) in [6.07, 6.45) is 1.91. The fourth-order valence-electron chi connectivity index (χ4n) is 2.20. The Labute approximate surface area is 155 Å². The van der Waals surface area contributed by atoms with Crippen LogP contribution in [0.15, 0.2) is 100 Å². The van der Waals surface area contributed by atoms with Gasteiger partial charge < -0.3 is 0 Å². The van der Waals surface area contributed by atoms with Crippen molar-refractivity contribution < 1.29 is 4.39 Å². The zero-order valence-electron chi connectivity index (χ0n) is 13.3. The van der Waals surface area contributed by atoms with Gasteiger partial charge in [0.2, 0.25) is 0 Å². The molecule has 4 heteroatoms. The highest BCUT2D eigenvalue weighted by atomic mass is 35.5. The van der Waals surface area contributed by atoms with E-state index in [-0.39, 0.29) is 5.82 Å². The molecule has 1 nitrogen and oxygen atoms in total. The van der Waals surface area contributed by atoms with Crippen LogP contribution in [-0.4, -0.2) is 5.71 Å². The molecule has 0 saturated heterocycles. The summed E-state index contributed by atoms with van der Waals surface area (Å²) < 4.78 is 13.3. The van der Waals surface area contributed by atoms with Crippen LogP contribution in [0.25, 0.3) is 0 Å². The van der Waals surface area contributed by atoms with E-state index in [4.69, 9.17) is 16.6 Å². The van der Waals surface area contributed by atoms with Gasteiger partial charge in [0.25, 0.3) is 0 Å². The molecule has 3 rings (SSSR count). The summed E-state index contributed by atoms with van der Waals surface area (Å²) in [4.78, 5) is 5.54. The van der Waals surface area contributed by atoms with Crippen LogP contribution in [0.2, 0.25) is 5.02 Å². The summed E-state index contributed by atoms with van der Waals surface area (Å²) in [6, 6.07) is 23.8. The van der Waals surface area contributed by atoms with Crippen molar-refractivity contribution in [2.24, 2.45) is 4.99 Å². The Morgan fingerprint density at radius 2 is 1.72 bits per heavy atom. The van der Waals surface area contributed by atoms with E-state index in [0.29, 0.717) is 5.02 Å². The van der Waals surface area contributed by atoms with Gasteiger partial charge in [-0.2, -0.15) is 0 Å². The smallest absolute Gasteiger partial charge is 0.124 e. The Bertz CT molecular complexity index is 907. The number of para-hydroxylation sites is 1. The average molecular weight is 368 g/mol. The topological polar surface area (TPSA) is 12.4 Å². The monoisotopic (exact) mass is 367 g/mol. The molecule has 0 aromatic heterocycles. The zero-order valence-corrected chi connectivity index (χ0v) is 14.8. The van der Waals surface area contributed by atoms with Crippen molar-refractivity contribution in [3.8, 4) is 0 Å². The van der Waals surface area contributed by atoms with Crippen LogP contribution >= 0.6 is 23.4 Å². The predicted molar refractivity (Wildman–Crippen MR) is 105 cm³/mol. The minimum atomic E-state index is -0.244. The normalized spacial score (nSPS) is 11.8. The summed E-state index contributed by atoms with van der Waals surface area (Å²) in [5.41, 5.74) is 2.57. The molecular weight excluding hydrogens is 353 g/mol. The van der Waals surface area contributed by atoms with E-state index >= 15 is 0 Å². The molecule has 0 bridgehead atoms. The summed E-state index contributed by atoms with van der Waals surface area (Å²) in [5.74, 6) is -0.244. The van der Waals surface area contributed by atoms with Crippen LogP contribution in [0.3, 0.4) is 0 Å². The Kier molecular flexibility index (Phi) is 6.04. The number of hydrogen-bond donors (Lipinski definition) is 0. The lowest BCUT2D eigenvalue weighted by Gasteiger charge is -2.04. The molecule has 3 aromatic rings. The highest BCUT2D eigenvalue weighted by Gasteiger charge is 2.02. The van der Waals surface area contributed by atoms with Gasteiger partial charge in [-0.1, -0.05) is 59.8 Å². The summed E-state index contributed by atoms with van der Waals surface area (Å²) in [6.45, 7) is 0. The molecule has 25 heavy (non-hydrogen) atoms. The summed E-state index contributed by atoms with van der Waals surface area (Å²) >= 11 is 7.55. The number of rotatable bonds is 5. The maximum Gasteiger partial charge on any atom is 0.124 e. The van der Waals surface area contributed by atoms with E-state index in [1.54, 1.807) is 6.07 Å². The molecule has 0 aliphatic rings. The lowest BCUT2D eigenvalue weighted by atomic mass is 10.1. The molecule has 0 heterocycles. The number of allylic oxidation sites excluding steroid dienone is 1. The number of nitrogens with zero attached hydrogens (tertiary/aromatic N) is 1. The van der Waals surface area contributed by atoms with Crippen LogP contribution in [0.4, 0.5) is 10.1 Å². The van der Waals surface area contributed by atoms with E-state index in [0.717, 1.165) is 21.9 Å². The third-order valence-corrected chi connectivity index (χ3v) is 4.39. The Morgan fingerprint density at radius 1 is 0.920 bits per heavy atom. The first-order valence-electron chi connectivity index (χ1n) is 7.69. The summed E-state index contributed by atoms with van der Waals surface area (Å²) in [7, 11) is 0. The van der Waals surface area contributed by atoms with Crippen molar-refractivity contribution in [2.75, 3.05) is 0 Å². The van der Waals surface area contributed by atoms with Crippen LogP contribution in [0, 0.1) is 5.82 Å². The molecule has 0 atom stereocenters. The molecule has 3 aromatic carbocycles. The maximum atomic E-state index is 13.3. The van der Waals surface area contributed by atoms with Crippen LogP contribution in [-0.2, 0) is 0 Å². The zero-order chi connectivity index (χ0) is 17.5. The van der Waals surface area contributed by atoms with Crippen molar-refractivity contribution in [3.63, 3.8) is 0 Å². The van der Waals surface area contributed by atoms with Gasteiger partial charge in [-0.05, 0) is 53.9 Å². The lowest BCUT2D eigenvalue weighted by molar-refractivity contribution is 0.624. The first-order chi connectivity index (χ1) is 12.2. The molecule has 0 fully saturated rings. The molecule has 124 valence electrons. The fourth-order valence-corrected chi connectivity index (χ4v) is 3.09. The van der Waals surface area contributed by atoms with E-state index in [9.17, 15) is 4.39 Å². The molecule has 0 unspecified atom stereocenters. The van der Waals surface area contributed by atoms with Gasteiger partial charge in [0.05, 0.1) is 11.4 Å². The standard InChI is InChI=1S/C21H15ClFNS/c22-17-7-4-6-16(14-17)21(24-19-9-2-1-3-10-19)12-13-25-20-11-5-8-18(23)15-20/h1-15H. The van der Waals surface area contributed by atoms with E-state index < -0.39 is 0 Å². The second-order valence-corrected chi connectivity index (χ2v) is 6.64. The van der Waals surface area contributed by atoms with Gasteiger partial charge in [-0.15, -0.1) is 0 Å². The second kappa shape index (κ2) is 8.65. The van der Waals surface area contributed by atoms with Crippen LogP contribution < -0.4 is 0 Å². The van der Waals surface area contributed by atoms with Gasteiger partial charge in [-0.3, -0.25) is 0 Å². The SMILES string of the molecule is Fc1cccc(SC=CC(=Nc2ccccc2)c2cccc(Cl)c2)c1. The predicted octanol–water partition coefficient (Wildman–Crippen LogP) is 6.91. The first-order valence-corrected chi connectivity index (χ1v) is 8.95. The van der Waals surface area contributed by atoms with Crippen molar-refractivity contribution in [1.29, 1.82) is 0 Å². The van der Waals surface area contributed by atoms with Gasteiger partial charge in [0, 0.05) is 15.5 Å². The molecule has 0 aliphatic heterocycles. The number of thioether (sulfide) groups is 1. The van der Waals surface area contributed by atoms with Crippen molar-refractivity contribution in [3.05, 3.63) is 107 Å². The first kappa shape index (κ1) is 17.5. The van der Waals surface area contributed by atoms with Crippen molar-refractivity contribution >= 4 is 34.8 Å². The van der Waals surface area contributed by atoms with Gasteiger partial charge in [0.1, 0.15) is 5.82 Å². The van der Waals surface area contributed by atoms with Crippen molar-refractivity contribution in [2.45, 2.75) is 4.90 Å². The van der Waals surface area contributed by atoms with Crippen LogP contribution in [0.5, 0.6) is 0 Å². The Morgan fingerprint density at radius 3 is 2.48 bits per heavy atom. The van der Waals surface area contributed by atoms with Crippen molar-refractivity contribution in [1.82, 2.24) is 0 Å². The molecule has 0 radical (unpaired) electrons. The summed E-state index contributed by atoms with van der Waals surface area (Å²) in [5, 5.41) is 2.56. The quantitative estimate of drug-likeness (QED) is 0.352. The molecule has 0 amide bonds. The minimum Gasteiger partial charge on any atom is -0.248 e. The maximum absolute atomic E-state index is 13.3. The largest absolute Gasteiger partial charge is 0.248 e. The number of benzene rings is 3. The van der Waals surface area contributed by atoms with Gasteiger partial charge >= 0.3 is 0 Å². The Balaban J connectivity index is 1.88. The highest BCUT2D eigenvalue weighted by molar-refractivity contribution is 8.02. The third-order valence-electron chi connectivity index (χ3n) is 3.35. The number of hydrogen-bond acceptors (Lipinski definition) is 2. The average Bonchev–Trinajstić information content (AvgIpc) is 2.62. The molecule has 0 spiro atoms. The third kappa shape index (κ3) is 5.31. The van der Waals surface area contributed by atoms with E-state index in [1.165, 1.54) is 23.9 Å². The fraction of sp³-hybridized carbons (Fsp3) is 0. The second-order valence-electron chi connectivity index (χ2n) is 5.22. The van der Waals surface area contributed by atoms with E-state index in [1.807, 2.05) is 72.1 Å². The lowest BCUT2D eigenvalue weighted by Crippen LogP contribution is -1.95. The van der Waals surface area contributed by atoms with Crippen LogP contribution in [0.1, 0.15) is 5.56 Å². The number of aliphatic imine (C=N–C) groups is 1. The minimum absolute atomic E-state index is 0.244. The van der Waals surface area contributed by atoms with E-state index in [2.05, 4.69) is 0 Å². The molecular formula is C21H15ClFNS. The van der Waals surface area contributed by atoms with Gasteiger partial charge in [0.15, 0.2) is 0 Å². The highest BCUT2D eigenvalue weighted by Crippen LogP contribution is 2.22. The Hall–Kier alpha value is -2.36. The molecule has 0 N–H and O–H groups in total. The molecule has 0 aliphatic carbocycles.